The van der Waals surface area contributed by atoms with E-state index >= 15 is 0 Å². The van der Waals surface area contributed by atoms with Gasteiger partial charge in [0.15, 0.2) is 0 Å². The van der Waals surface area contributed by atoms with E-state index in [1.54, 1.807) is 6.07 Å². The molecular formula is C51H34O. The van der Waals surface area contributed by atoms with Gasteiger partial charge < -0.3 is 4.42 Å². The standard InChI is InChI=1S/C51H34O/c1-51(2)44-20-10-9-14-36(44)42-28-35(26-27-45(42)51)31-22-24-32(25-23-31)48-37-15-5-7-17-39(37)49(40-18-8-6-16-38(40)48)41-19-11-21-46-50(41)43-29-33-12-3-4-13-34(33)30-47(43)52-46/h3-30H,1-2H3/i5D,6D,7D,8D,15D,16D,17D,18D. The lowest BCUT2D eigenvalue weighted by Crippen LogP contribution is -2.14. The molecule has 11 rings (SSSR count). The van der Waals surface area contributed by atoms with Crippen molar-refractivity contribution in [2.24, 2.45) is 0 Å². The predicted octanol–water partition coefficient (Wildman–Crippen LogP) is 14.4. The first kappa shape index (κ1) is 22.4. The zero-order valence-corrected chi connectivity index (χ0v) is 28.5. The number of furan rings is 1. The fourth-order valence-electron chi connectivity index (χ4n) is 8.63. The Labute approximate surface area is 313 Å². The highest BCUT2D eigenvalue weighted by molar-refractivity contribution is 6.26. The van der Waals surface area contributed by atoms with E-state index in [9.17, 15) is 5.48 Å². The summed E-state index contributed by atoms with van der Waals surface area (Å²) in [5.41, 5.74) is 9.63. The maximum atomic E-state index is 9.49. The first-order valence-electron chi connectivity index (χ1n) is 21.5. The normalized spacial score (nSPS) is 15.5. The molecule has 0 saturated carbocycles. The summed E-state index contributed by atoms with van der Waals surface area (Å²) in [6.07, 6.45) is 0. The highest BCUT2D eigenvalue weighted by Gasteiger charge is 2.35. The molecule has 0 fully saturated rings. The van der Waals surface area contributed by atoms with Crippen molar-refractivity contribution in [2.45, 2.75) is 19.3 Å². The van der Waals surface area contributed by atoms with Crippen molar-refractivity contribution >= 4 is 54.3 Å². The molecule has 0 spiro atoms. The van der Waals surface area contributed by atoms with Crippen molar-refractivity contribution < 1.29 is 15.4 Å². The van der Waals surface area contributed by atoms with Crippen LogP contribution in [0.3, 0.4) is 0 Å². The molecule has 1 aliphatic rings. The summed E-state index contributed by atoms with van der Waals surface area (Å²) in [5, 5.41) is 4.11. The Hall–Kier alpha value is -6.44. The van der Waals surface area contributed by atoms with Crippen LogP contribution >= 0.6 is 0 Å². The average molecular weight is 671 g/mol. The van der Waals surface area contributed by atoms with Crippen molar-refractivity contribution in [3.8, 4) is 44.5 Å². The summed E-state index contributed by atoms with van der Waals surface area (Å²) in [6.45, 7) is 4.49. The molecule has 0 saturated heterocycles. The zero-order valence-electron chi connectivity index (χ0n) is 36.5. The molecule has 0 atom stereocenters. The minimum Gasteiger partial charge on any atom is -0.456 e. The number of rotatable bonds is 3. The van der Waals surface area contributed by atoms with Gasteiger partial charge in [-0.25, -0.2) is 0 Å². The summed E-state index contributed by atoms with van der Waals surface area (Å²) < 4.78 is 80.0. The van der Waals surface area contributed by atoms with Gasteiger partial charge >= 0.3 is 0 Å². The van der Waals surface area contributed by atoms with Crippen LogP contribution in [0.15, 0.2) is 174 Å². The third kappa shape index (κ3) is 4.11. The topological polar surface area (TPSA) is 13.1 Å². The maximum Gasteiger partial charge on any atom is 0.136 e. The van der Waals surface area contributed by atoms with E-state index in [1.165, 1.54) is 22.3 Å². The quantitative estimate of drug-likeness (QED) is 0.171. The molecule has 52 heavy (non-hydrogen) atoms. The molecule has 0 radical (unpaired) electrons. The van der Waals surface area contributed by atoms with Gasteiger partial charge in [0.05, 0.1) is 11.0 Å². The molecule has 1 heterocycles. The van der Waals surface area contributed by atoms with Crippen LogP contribution in [-0.2, 0) is 5.41 Å². The Morgan fingerprint density at radius 2 is 1.02 bits per heavy atom. The zero-order chi connectivity index (χ0) is 41.5. The Balaban J connectivity index is 1.23. The number of hydrogen-bond acceptors (Lipinski definition) is 1. The minimum atomic E-state index is -0.438. The molecule has 1 aliphatic carbocycles. The van der Waals surface area contributed by atoms with E-state index in [1.807, 2.05) is 72.8 Å². The van der Waals surface area contributed by atoms with Crippen molar-refractivity contribution in [2.75, 3.05) is 0 Å². The lowest BCUT2D eigenvalue weighted by atomic mass is 9.82. The third-order valence-corrected chi connectivity index (χ3v) is 11.1. The first-order chi connectivity index (χ1) is 28.9. The van der Waals surface area contributed by atoms with Gasteiger partial charge in [-0.05, 0) is 112 Å². The van der Waals surface area contributed by atoms with Gasteiger partial charge in [-0.3, -0.25) is 0 Å². The molecule has 0 amide bonds. The summed E-state index contributed by atoms with van der Waals surface area (Å²) in [5.74, 6) is 0. The van der Waals surface area contributed by atoms with Crippen LogP contribution < -0.4 is 0 Å². The van der Waals surface area contributed by atoms with Gasteiger partial charge in [0.2, 0.25) is 0 Å². The second kappa shape index (κ2) is 10.8. The van der Waals surface area contributed by atoms with Gasteiger partial charge in [0.1, 0.15) is 11.2 Å². The molecule has 1 heteroatoms. The Morgan fingerprint density at radius 3 is 1.75 bits per heavy atom. The van der Waals surface area contributed by atoms with Crippen LogP contribution in [0.4, 0.5) is 0 Å². The number of fused-ring (bicyclic) bond motifs is 9. The van der Waals surface area contributed by atoms with Gasteiger partial charge in [0.25, 0.3) is 0 Å². The summed E-state index contributed by atoms with van der Waals surface area (Å²) in [4.78, 5) is 0. The van der Waals surface area contributed by atoms with Crippen LogP contribution in [-0.4, -0.2) is 0 Å². The molecule has 1 aromatic heterocycles. The van der Waals surface area contributed by atoms with Crippen LogP contribution in [0.25, 0.3) is 98.8 Å². The highest BCUT2D eigenvalue weighted by atomic mass is 16.3. The number of hydrogen-bond donors (Lipinski definition) is 0. The van der Waals surface area contributed by atoms with Gasteiger partial charge in [-0.2, -0.15) is 0 Å². The van der Waals surface area contributed by atoms with Gasteiger partial charge in [-0.1, -0.05) is 159 Å². The Bertz CT molecular complexity index is 3470. The fourth-order valence-corrected chi connectivity index (χ4v) is 8.63. The van der Waals surface area contributed by atoms with E-state index in [2.05, 4.69) is 56.3 Å². The SMILES string of the molecule is [2H]c1c([2H])c([2H])c2c(-c3cccc4oc5cc6ccccc6cc5c34)c3c([2H])c([2H])c([2H])c([2H])c3c(-c3ccc(-c4ccc5c(c4)-c4ccccc4C5(C)C)cc3)c2c1[2H]. The van der Waals surface area contributed by atoms with E-state index in [4.69, 9.17) is 9.90 Å². The molecule has 1 nitrogen and oxygen atoms in total. The average Bonchev–Trinajstić information content (AvgIpc) is 3.75. The van der Waals surface area contributed by atoms with Crippen LogP contribution in [0.5, 0.6) is 0 Å². The monoisotopic (exact) mass is 670 g/mol. The van der Waals surface area contributed by atoms with Crippen molar-refractivity contribution in [3.63, 3.8) is 0 Å². The second-order valence-electron chi connectivity index (χ2n) is 14.2. The largest absolute Gasteiger partial charge is 0.456 e. The molecule has 0 N–H and O–H groups in total. The molecule has 244 valence electrons. The summed E-state index contributed by atoms with van der Waals surface area (Å²) >= 11 is 0. The van der Waals surface area contributed by atoms with Crippen LogP contribution in [0.1, 0.15) is 35.9 Å². The van der Waals surface area contributed by atoms with Crippen LogP contribution in [0, 0.1) is 0 Å². The van der Waals surface area contributed by atoms with Crippen LogP contribution in [0.2, 0.25) is 0 Å². The van der Waals surface area contributed by atoms with E-state index in [-0.39, 0.29) is 51.1 Å². The molecule has 9 aromatic carbocycles. The smallest absolute Gasteiger partial charge is 0.136 e. The summed E-state index contributed by atoms with van der Waals surface area (Å²) in [6, 6.07) is 37.2. The predicted molar refractivity (Wildman–Crippen MR) is 220 cm³/mol. The Morgan fingerprint density at radius 1 is 0.442 bits per heavy atom. The van der Waals surface area contributed by atoms with Crippen molar-refractivity contribution in [1.29, 1.82) is 0 Å². The first-order valence-corrected chi connectivity index (χ1v) is 17.5. The minimum absolute atomic E-state index is 0.131. The van der Waals surface area contributed by atoms with E-state index in [0.717, 1.165) is 27.3 Å². The second-order valence-corrected chi connectivity index (χ2v) is 14.2. The van der Waals surface area contributed by atoms with Gasteiger partial charge in [0, 0.05) is 16.2 Å². The van der Waals surface area contributed by atoms with Gasteiger partial charge in [-0.15, -0.1) is 0 Å². The van der Waals surface area contributed by atoms with Crippen molar-refractivity contribution in [3.05, 3.63) is 181 Å². The lowest BCUT2D eigenvalue weighted by molar-refractivity contribution is 0.660. The molecule has 0 unspecified atom stereocenters. The number of benzene rings is 9. The maximum absolute atomic E-state index is 9.49. The fraction of sp³-hybridized carbons (Fsp3) is 0.0588. The Kier molecular flexibility index (Phi) is 4.64. The van der Waals surface area contributed by atoms with Crippen molar-refractivity contribution in [1.82, 2.24) is 0 Å². The van der Waals surface area contributed by atoms with E-state index in [0.29, 0.717) is 38.8 Å². The molecular weight excluding hydrogens is 629 g/mol. The molecule has 10 aromatic rings. The lowest BCUT2D eigenvalue weighted by Gasteiger charge is -2.21. The summed E-state index contributed by atoms with van der Waals surface area (Å²) in [7, 11) is 0. The highest BCUT2D eigenvalue weighted by Crippen LogP contribution is 2.50. The molecule has 0 aliphatic heterocycles. The van der Waals surface area contributed by atoms with E-state index < -0.39 is 24.2 Å². The molecule has 0 bridgehead atoms. The third-order valence-electron chi connectivity index (χ3n) is 11.1.